The predicted molar refractivity (Wildman–Crippen MR) is 144 cm³/mol. The van der Waals surface area contributed by atoms with Crippen molar-refractivity contribution in [3.63, 3.8) is 0 Å². The zero-order chi connectivity index (χ0) is 25.9. The van der Waals surface area contributed by atoms with Crippen LogP contribution in [0.15, 0.2) is 30.3 Å². The predicted octanol–water partition coefficient (Wildman–Crippen LogP) is 3.15. The number of hydrogen-bond acceptors (Lipinski definition) is 5. The number of carbonyl (C=O) groups excluding carboxylic acids is 3. The van der Waals surface area contributed by atoms with E-state index in [1.54, 1.807) is 26.7 Å². The Balaban J connectivity index is 1.83. The number of urea groups is 1. The summed E-state index contributed by atoms with van der Waals surface area (Å²) in [5.74, 6) is 3.16. The Hall–Kier alpha value is -2.70. The molecule has 9 heteroatoms. The highest BCUT2D eigenvalue weighted by Crippen LogP contribution is 2.28. The lowest BCUT2D eigenvalue weighted by atomic mass is 10.0. The van der Waals surface area contributed by atoms with Crippen LogP contribution in [0.1, 0.15) is 51.0 Å². The van der Waals surface area contributed by atoms with Crippen molar-refractivity contribution in [1.29, 1.82) is 0 Å². The van der Waals surface area contributed by atoms with E-state index < -0.39 is 12.2 Å². The lowest BCUT2D eigenvalue weighted by Crippen LogP contribution is -2.76. The number of nitrogens with zero attached hydrogens (tertiary/aromatic N) is 4. The van der Waals surface area contributed by atoms with Crippen molar-refractivity contribution in [2.75, 3.05) is 38.2 Å². The Kier molecular flexibility index (Phi) is 11.0. The third-order valence-corrected chi connectivity index (χ3v) is 7.37. The van der Waals surface area contributed by atoms with E-state index in [-0.39, 0.29) is 37.5 Å². The molecule has 0 spiro atoms. The first-order valence-corrected chi connectivity index (χ1v) is 14.3. The van der Waals surface area contributed by atoms with E-state index in [1.165, 1.54) is 6.42 Å². The van der Waals surface area contributed by atoms with E-state index >= 15 is 0 Å². The molecule has 2 fully saturated rings. The van der Waals surface area contributed by atoms with Gasteiger partial charge in [-0.05, 0) is 30.4 Å². The molecule has 0 saturated carbocycles. The smallest absolute Gasteiger partial charge is 0.334 e. The summed E-state index contributed by atoms with van der Waals surface area (Å²) in [6, 6.07) is 8.78. The molecule has 0 aromatic heterocycles. The van der Waals surface area contributed by atoms with Crippen LogP contribution in [0, 0.1) is 12.3 Å². The maximum atomic E-state index is 13.5. The monoisotopic (exact) mass is 513 g/mol. The number of unbranched alkanes of at least 4 members (excludes halogenated alkanes) is 4. The average Bonchev–Trinajstić information content (AvgIpc) is 2.88. The van der Waals surface area contributed by atoms with Gasteiger partial charge in [0.2, 0.25) is 11.8 Å². The normalized spacial score (nSPS) is 20.3. The number of benzene rings is 1. The molecule has 2 saturated heterocycles. The van der Waals surface area contributed by atoms with Crippen LogP contribution in [0.2, 0.25) is 0 Å². The molecule has 0 bridgehead atoms. The molecule has 1 aromatic rings. The molecular formula is C27H39N5O3S. The molecule has 1 aromatic carbocycles. The topological polar surface area (TPSA) is 76.2 Å². The zero-order valence-electron chi connectivity index (χ0n) is 21.5. The maximum absolute atomic E-state index is 13.5. The Bertz CT molecular complexity index is 922. The molecule has 0 aliphatic carbocycles. The summed E-state index contributed by atoms with van der Waals surface area (Å²) in [7, 11) is 0. The van der Waals surface area contributed by atoms with Crippen LogP contribution in [0.4, 0.5) is 4.79 Å². The van der Waals surface area contributed by atoms with Gasteiger partial charge in [-0.25, -0.2) is 9.80 Å². The van der Waals surface area contributed by atoms with Crippen LogP contribution in [-0.4, -0.2) is 88.1 Å². The molecular weight excluding hydrogens is 474 g/mol. The second kappa shape index (κ2) is 14.1. The van der Waals surface area contributed by atoms with Crippen LogP contribution in [0.25, 0.3) is 0 Å². The Labute approximate surface area is 219 Å². The van der Waals surface area contributed by atoms with Gasteiger partial charge in [-0.2, -0.15) is 16.8 Å². The standard InChI is InChI=1S/C27H39N5O3S/c1-4-6-7-8-12-17-29-20-24-31(23(26(29)34)15-18-36-3)25(33)21-30(16-5-2)32(24)27(35)28-19-22-13-10-9-11-14-22/h2,9-11,13-14,23-24H,4,6-8,12,15-21H2,1,3H3,(H,28,35)/t23-,24-/m0/s1. The molecule has 36 heavy (non-hydrogen) atoms. The molecule has 2 aliphatic heterocycles. The number of terminal acetylenes is 1. The first kappa shape index (κ1) is 27.9. The van der Waals surface area contributed by atoms with Crippen molar-refractivity contribution in [3.8, 4) is 12.3 Å². The average molecular weight is 514 g/mol. The molecule has 196 valence electrons. The van der Waals surface area contributed by atoms with Gasteiger partial charge in [0.1, 0.15) is 12.2 Å². The van der Waals surface area contributed by atoms with E-state index in [9.17, 15) is 14.4 Å². The van der Waals surface area contributed by atoms with Crippen LogP contribution in [0.3, 0.4) is 0 Å². The van der Waals surface area contributed by atoms with E-state index in [2.05, 4.69) is 18.2 Å². The Morgan fingerprint density at radius 2 is 1.92 bits per heavy atom. The highest BCUT2D eigenvalue weighted by molar-refractivity contribution is 7.98. The minimum atomic E-state index is -0.587. The summed E-state index contributed by atoms with van der Waals surface area (Å²) in [5, 5.41) is 6.19. The number of hydrazine groups is 1. The minimum Gasteiger partial charge on any atom is -0.337 e. The summed E-state index contributed by atoms with van der Waals surface area (Å²) >= 11 is 1.65. The fourth-order valence-electron chi connectivity index (χ4n) is 4.91. The number of nitrogens with one attached hydrogen (secondary N) is 1. The molecule has 2 heterocycles. The SMILES string of the molecule is C#CCN1CC(=O)N2[C@@H](CCSC)C(=O)N(CCCCCCC)C[C@@H]2N1C(=O)NCc1ccccc1. The summed E-state index contributed by atoms with van der Waals surface area (Å²) in [4.78, 5) is 43.8. The molecule has 2 aliphatic rings. The fraction of sp³-hybridized carbons (Fsp3) is 0.593. The molecule has 0 radical (unpaired) electrons. The zero-order valence-corrected chi connectivity index (χ0v) is 22.3. The maximum Gasteiger partial charge on any atom is 0.334 e. The number of rotatable bonds is 12. The van der Waals surface area contributed by atoms with Gasteiger partial charge < -0.3 is 15.1 Å². The first-order valence-electron chi connectivity index (χ1n) is 12.9. The largest absolute Gasteiger partial charge is 0.337 e. The first-order chi connectivity index (χ1) is 17.5. The van der Waals surface area contributed by atoms with Gasteiger partial charge in [0, 0.05) is 13.1 Å². The summed E-state index contributed by atoms with van der Waals surface area (Å²) in [6.45, 7) is 3.56. The van der Waals surface area contributed by atoms with Gasteiger partial charge in [-0.1, -0.05) is 68.9 Å². The lowest BCUT2D eigenvalue weighted by Gasteiger charge is -2.55. The van der Waals surface area contributed by atoms with Crippen LogP contribution < -0.4 is 5.32 Å². The quantitative estimate of drug-likeness (QED) is 0.343. The van der Waals surface area contributed by atoms with Gasteiger partial charge in [0.05, 0.1) is 19.6 Å². The van der Waals surface area contributed by atoms with Crippen LogP contribution in [0.5, 0.6) is 0 Å². The number of thioether (sulfide) groups is 1. The fourth-order valence-corrected chi connectivity index (χ4v) is 5.36. The van der Waals surface area contributed by atoms with Gasteiger partial charge >= 0.3 is 6.03 Å². The van der Waals surface area contributed by atoms with Gasteiger partial charge in [0.15, 0.2) is 0 Å². The summed E-state index contributed by atoms with van der Waals surface area (Å²) in [5.41, 5.74) is 0.977. The number of carbonyl (C=O) groups is 3. The third kappa shape index (κ3) is 6.95. The molecule has 4 amide bonds. The second-order valence-corrected chi connectivity index (χ2v) is 10.3. The van der Waals surface area contributed by atoms with E-state index in [1.807, 2.05) is 41.5 Å². The van der Waals surface area contributed by atoms with Gasteiger partial charge in [0.25, 0.3) is 0 Å². The Morgan fingerprint density at radius 1 is 1.17 bits per heavy atom. The van der Waals surface area contributed by atoms with Crippen LogP contribution >= 0.6 is 11.8 Å². The van der Waals surface area contributed by atoms with Crippen LogP contribution in [-0.2, 0) is 16.1 Å². The van der Waals surface area contributed by atoms with Crippen molar-refractivity contribution in [2.45, 2.75) is 64.2 Å². The van der Waals surface area contributed by atoms with Crippen molar-refractivity contribution < 1.29 is 14.4 Å². The highest BCUT2D eigenvalue weighted by Gasteiger charge is 2.50. The second-order valence-electron chi connectivity index (χ2n) is 9.29. The van der Waals surface area contributed by atoms with Crippen molar-refractivity contribution in [2.24, 2.45) is 0 Å². The van der Waals surface area contributed by atoms with E-state index in [4.69, 9.17) is 6.42 Å². The van der Waals surface area contributed by atoms with Crippen molar-refractivity contribution in [3.05, 3.63) is 35.9 Å². The molecule has 3 rings (SSSR count). The van der Waals surface area contributed by atoms with Gasteiger partial charge in [-0.3, -0.25) is 9.59 Å². The third-order valence-electron chi connectivity index (χ3n) is 6.73. The number of hydrogen-bond donors (Lipinski definition) is 1. The van der Waals surface area contributed by atoms with E-state index in [0.717, 1.165) is 37.0 Å². The van der Waals surface area contributed by atoms with Crippen molar-refractivity contribution >= 4 is 29.6 Å². The number of piperazine rings is 1. The van der Waals surface area contributed by atoms with Gasteiger partial charge in [-0.15, -0.1) is 6.42 Å². The molecule has 1 N–H and O–H groups in total. The van der Waals surface area contributed by atoms with E-state index in [0.29, 0.717) is 19.5 Å². The summed E-state index contributed by atoms with van der Waals surface area (Å²) < 4.78 is 0. The Morgan fingerprint density at radius 3 is 2.61 bits per heavy atom. The van der Waals surface area contributed by atoms with Crippen molar-refractivity contribution in [1.82, 2.24) is 25.1 Å². The minimum absolute atomic E-state index is 0.0146. The summed E-state index contributed by atoms with van der Waals surface area (Å²) in [6.07, 6.45) is 13.0. The molecule has 8 nitrogen and oxygen atoms in total. The highest BCUT2D eigenvalue weighted by atomic mass is 32.2. The number of fused-ring (bicyclic) bond motifs is 1. The molecule has 2 atom stereocenters. The number of amides is 4. The lowest BCUT2D eigenvalue weighted by molar-refractivity contribution is -0.188. The molecule has 0 unspecified atom stereocenters.